The number of hydrogen-bond donors (Lipinski definition) is 1. The summed E-state index contributed by atoms with van der Waals surface area (Å²) in [7, 11) is 1.99. The van der Waals surface area contributed by atoms with Crippen LogP contribution in [0, 0.1) is 11.2 Å². The number of rotatable bonds is 3. The number of aromatic nitrogens is 2. The molecule has 0 atom stereocenters. The largest absolute Gasteiger partial charge is 0.357 e. The minimum Gasteiger partial charge on any atom is -0.357 e. The van der Waals surface area contributed by atoms with Crippen molar-refractivity contribution in [1.82, 2.24) is 9.47 Å². The maximum atomic E-state index is 14.6. The second-order valence-electron chi connectivity index (χ2n) is 6.74. The second kappa shape index (κ2) is 6.31. The van der Waals surface area contributed by atoms with Crippen molar-refractivity contribution >= 4 is 16.7 Å². The third-order valence-corrected chi connectivity index (χ3v) is 4.94. The van der Waals surface area contributed by atoms with E-state index in [1.165, 1.54) is 6.07 Å². The fourth-order valence-electron chi connectivity index (χ4n) is 3.52. The molecule has 5 heteroatoms. The van der Waals surface area contributed by atoms with Crippen LogP contribution in [0.15, 0.2) is 48.9 Å². The van der Waals surface area contributed by atoms with Gasteiger partial charge in [-0.05, 0) is 25.0 Å². The molecule has 0 radical (unpaired) electrons. The van der Waals surface area contributed by atoms with Crippen LogP contribution in [-0.2, 0) is 13.6 Å². The highest BCUT2D eigenvalue weighted by Gasteiger charge is 2.17. The highest BCUT2D eigenvalue weighted by molar-refractivity contribution is 5.96. The molecule has 0 aliphatic carbocycles. The molecular weight excluding hydrogens is 315 g/mol. The van der Waals surface area contributed by atoms with Crippen molar-refractivity contribution in [1.29, 1.82) is 5.41 Å². The summed E-state index contributed by atoms with van der Waals surface area (Å²) < 4.78 is 18.7. The lowest BCUT2D eigenvalue weighted by Crippen LogP contribution is -2.27. The number of nitrogens with zero attached hydrogens (tertiary/aromatic N) is 3. The molecule has 128 valence electrons. The van der Waals surface area contributed by atoms with Crippen LogP contribution in [0.1, 0.15) is 24.0 Å². The monoisotopic (exact) mass is 337 g/mol. The lowest BCUT2D eigenvalue weighted by Gasteiger charge is -2.19. The topological polar surface area (TPSA) is 35.9 Å². The predicted molar refractivity (Wildman–Crippen MR) is 96.3 cm³/mol. The molecule has 0 saturated carbocycles. The number of pyridine rings is 1. The summed E-state index contributed by atoms with van der Waals surface area (Å²) >= 11 is 0. The Bertz CT molecular complexity index is 938. The smallest absolute Gasteiger partial charge is 0.177 e. The molecule has 2 aromatic heterocycles. The van der Waals surface area contributed by atoms with E-state index in [4.69, 9.17) is 5.41 Å². The fourth-order valence-corrected chi connectivity index (χ4v) is 3.52. The summed E-state index contributed by atoms with van der Waals surface area (Å²) in [6.45, 7) is 2.28. The number of benzene rings is 1. The van der Waals surface area contributed by atoms with E-state index in [1.807, 2.05) is 53.2 Å². The SMILES string of the molecule is C[n+]1ccc2c(ccn2Cc2ccc(C(=N)N3CCCC3)cc2F)c1. The van der Waals surface area contributed by atoms with Gasteiger partial charge >= 0.3 is 0 Å². The minimum atomic E-state index is -0.246. The van der Waals surface area contributed by atoms with E-state index >= 15 is 0 Å². The van der Waals surface area contributed by atoms with Gasteiger partial charge in [-0.2, -0.15) is 0 Å². The lowest BCUT2D eigenvalue weighted by molar-refractivity contribution is -0.670. The van der Waals surface area contributed by atoms with Crippen molar-refractivity contribution in [3.8, 4) is 0 Å². The molecule has 1 fully saturated rings. The standard InChI is InChI=1S/C20H22FN4/c1-23-10-7-19-17(13-23)6-11-25(19)14-16-5-4-15(12-18(16)21)20(22)24-8-2-3-9-24/h4-7,10-13,22H,2-3,8-9,14H2,1H3/q+1. The molecule has 1 aromatic carbocycles. The summed E-state index contributed by atoms with van der Waals surface area (Å²) in [5.74, 6) is 0.187. The first-order valence-electron chi connectivity index (χ1n) is 8.68. The zero-order valence-corrected chi connectivity index (χ0v) is 14.4. The molecule has 0 unspecified atom stereocenters. The average Bonchev–Trinajstić information content (AvgIpc) is 3.26. The summed E-state index contributed by atoms with van der Waals surface area (Å²) in [5.41, 5.74) is 2.39. The van der Waals surface area contributed by atoms with Crippen molar-refractivity contribution in [3.63, 3.8) is 0 Å². The van der Waals surface area contributed by atoms with E-state index in [-0.39, 0.29) is 5.82 Å². The molecule has 4 nitrogen and oxygen atoms in total. The Morgan fingerprint density at radius 3 is 2.76 bits per heavy atom. The van der Waals surface area contributed by atoms with Crippen molar-refractivity contribution in [3.05, 3.63) is 65.9 Å². The van der Waals surface area contributed by atoms with E-state index in [0.29, 0.717) is 23.5 Å². The molecule has 1 aliphatic rings. The van der Waals surface area contributed by atoms with Crippen LogP contribution in [0.2, 0.25) is 0 Å². The maximum absolute atomic E-state index is 14.6. The Kier molecular flexibility index (Phi) is 3.99. The zero-order valence-electron chi connectivity index (χ0n) is 14.4. The van der Waals surface area contributed by atoms with Crippen molar-refractivity contribution in [2.45, 2.75) is 19.4 Å². The summed E-state index contributed by atoms with van der Waals surface area (Å²) in [6, 6.07) is 9.27. The lowest BCUT2D eigenvalue weighted by atomic mass is 10.1. The van der Waals surface area contributed by atoms with E-state index in [9.17, 15) is 4.39 Å². The molecule has 0 amide bonds. The number of halogens is 1. The Balaban J connectivity index is 1.59. The third-order valence-electron chi connectivity index (χ3n) is 4.94. The van der Waals surface area contributed by atoms with Gasteiger partial charge in [-0.3, -0.25) is 5.41 Å². The Morgan fingerprint density at radius 1 is 1.20 bits per heavy atom. The molecule has 25 heavy (non-hydrogen) atoms. The van der Waals surface area contributed by atoms with Gasteiger partial charge in [0.1, 0.15) is 18.7 Å². The predicted octanol–water partition coefficient (Wildman–Crippen LogP) is 3.07. The van der Waals surface area contributed by atoms with Gasteiger partial charge in [0, 0.05) is 36.5 Å². The first-order chi connectivity index (χ1) is 12.1. The number of amidine groups is 1. The van der Waals surface area contributed by atoms with Gasteiger partial charge < -0.3 is 9.47 Å². The fraction of sp³-hybridized carbons (Fsp3) is 0.300. The van der Waals surface area contributed by atoms with Crippen LogP contribution in [0.5, 0.6) is 0 Å². The highest BCUT2D eigenvalue weighted by Crippen LogP contribution is 2.19. The number of likely N-dealkylation sites (tertiary alicyclic amines) is 1. The molecule has 1 saturated heterocycles. The first kappa shape index (κ1) is 15.8. The highest BCUT2D eigenvalue weighted by atomic mass is 19.1. The summed E-state index contributed by atoms with van der Waals surface area (Å²) in [5, 5.41) is 9.41. The average molecular weight is 337 g/mol. The maximum Gasteiger partial charge on any atom is 0.177 e. The van der Waals surface area contributed by atoms with Crippen molar-refractivity contribution in [2.24, 2.45) is 7.05 Å². The molecular formula is C20H22FN4+. The van der Waals surface area contributed by atoms with Crippen LogP contribution in [0.4, 0.5) is 4.39 Å². The zero-order chi connectivity index (χ0) is 17.4. The summed E-state index contributed by atoms with van der Waals surface area (Å²) in [4.78, 5) is 2.02. The molecule has 0 spiro atoms. The summed E-state index contributed by atoms with van der Waals surface area (Å²) in [6.07, 6.45) is 8.27. The van der Waals surface area contributed by atoms with Gasteiger partial charge in [0.15, 0.2) is 12.4 Å². The molecule has 3 heterocycles. The number of aryl methyl sites for hydroxylation is 1. The molecule has 4 rings (SSSR count). The Hall–Kier alpha value is -2.69. The van der Waals surface area contributed by atoms with Crippen LogP contribution >= 0.6 is 0 Å². The third kappa shape index (κ3) is 3.02. The van der Waals surface area contributed by atoms with Gasteiger partial charge in [0.05, 0.1) is 17.4 Å². The number of fused-ring (bicyclic) bond motifs is 1. The quantitative estimate of drug-likeness (QED) is 0.445. The minimum absolute atomic E-state index is 0.246. The van der Waals surface area contributed by atoms with Crippen LogP contribution in [0.25, 0.3) is 10.9 Å². The van der Waals surface area contributed by atoms with E-state index in [2.05, 4.69) is 10.8 Å². The number of nitrogens with one attached hydrogen (secondary N) is 1. The van der Waals surface area contributed by atoms with E-state index in [1.54, 1.807) is 0 Å². The Morgan fingerprint density at radius 2 is 2.00 bits per heavy atom. The molecule has 1 aliphatic heterocycles. The van der Waals surface area contributed by atoms with Gasteiger partial charge in [0.2, 0.25) is 0 Å². The first-order valence-corrected chi connectivity index (χ1v) is 8.68. The number of hydrogen-bond acceptors (Lipinski definition) is 1. The van der Waals surface area contributed by atoms with E-state index < -0.39 is 0 Å². The van der Waals surface area contributed by atoms with Crippen LogP contribution in [-0.4, -0.2) is 28.4 Å². The van der Waals surface area contributed by atoms with Crippen LogP contribution < -0.4 is 4.57 Å². The van der Waals surface area contributed by atoms with Gasteiger partial charge in [-0.15, -0.1) is 0 Å². The molecule has 0 bridgehead atoms. The van der Waals surface area contributed by atoms with Crippen molar-refractivity contribution < 1.29 is 8.96 Å². The molecule has 3 aromatic rings. The van der Waals surface area contributed by atoms with E-state index in [0.717, 1.165) is 36.8 Å². The van der Waals surface area contributed by atoms with Gasteiger partial charge in [-0.1, -0.05) is 12.1 Å². The van der Waals surface area contributed by atoms with Crippen molar-refractivity contribution in [2.75, 3.05) is 13.1 Å². The molecule has 1 N–H and O–H groups in total. The second-order valence-corrected chi connectivity index (χ2v) is 6.74. The van der Waals surface area contributed by atoms with Gasteiger partial charge in [0.25, 0.3) is 0 Å². The van der Waals surface area contributed by atoms with Gasteiger partial charge in [-0.25, -0.2) is 8.96 Å². The normalized spacial score (nSPS) is 14.4. The Labute approximate surface area is 146 Å². The van der Waals surface area contributed by atoms with Crippen LogP contribution in [0.3, 0.4) is 0 Å².